The molecule has 0 fully saturated rings. The van der Waals surface area contributed by atoms with Crippen LogP contribution in [0.2, 0.25) is 0 Å². The van der Waals surface area contributed by atoms with Crippen LogP contribution >= 0.6 is 0 Å². The van der Waals surface area contributed by atoms with Gasteiger partial charge in [0.25, 0.3) is 5.91 Å². The van der Waals surface area contributed by atoms with E-state index < -0.39 is 0 Å². The van der Waals surface area contributed by atoms with Crippen LogP contribution in [0.15, 0.2) is 42.5 Å². The number of carbonyl (C=O) groups is 1. The smallest absolute Gasteiger partial charge is 0.255 e. The second-order valence-corrected chi connectivity index (χ2v) is 4.58. The van der Waals surface area contributed by atoms with Crippen LogP contribution in [-0.4, -0.2) is 19.6 Å². The van der Waals surface area contributed by atoms with Gasteiger partial charge in [0.05, 0.1) is 19.4 Å². The number of benzene rings is 2. The highest BCUT2D eigenvalue weighted by molar-refractivity contribution is 6.05. The summed E-state index contributed by atoms with van der Waals surface area (Å²) in [5.74, 6) is 1.27. The Hall–Kier alpha value is -2.49. The van der Waals surface area contributed by atoms with Crippen molar-refractivity contribution in [2.45, 2.75) is 6.42 Å². The fourth-order valence-corrected chi connectivity index (χ4v) is 2.27. The first-order chi connectivity index (χ1) is 9.78. The standard InChI is InChI=1S/C16H15NO3/c1-19-13-6-2-5-12(10-13)16(18)17-14-7-3-4-11-8-9-20-15(11)14/h2-7,10H,8-9H2,1H3,(H,17,18). The summed E-state index contributed by atoms with van der Waals surface area (Å²) in [4.78, 5) is 12.3. The van der Waals surface area contributed by atoms with Crippen molar-refractivity contribution >= 4 is 11.6 Å². The minimum atomic E-state index is -0.173. The van der Waals surface area contributed by atoms with Gasteiger partial charge in [-0.05, 0) is 29.8 Å². The molecule has 1 aliphatic heterocycles. The molecule has 102 valence electrons. The molecule has 1 N–H and O–H groups in total. The number of fused-ring (bicyclic) bond motifs is 1. The monoisotopic (exact) mass is 269 g/mol. The van der Waals surface area contributed by atoms with E-state index in [1.807, 2.05) is 18.2 Å². The number of para-hydroxylation sites is 1. The zero-order valence-electron chi connectivity index (χ0n) is 11.2. The molecule has 1 aliphatic rings. The van der Waals surface area contributed by atoms with Crippen LogP contribution in [-0.2, 0) is 6.42 Å². The maximum Gasteiger partial charge on any atom is 0.255 e. The lowest BCUT2D eigenvalue weighted by molar-refractivity contribution is 0.102. The van der Waals surface area contributed by atoms with Gasteiger partial charge in [-0.1, -0.05) is 18.2 Å². The summed E-state index contributed by atoms with van der Waals surface area (Å²) >= 11 is 0. The average molecular weight is 269 g/mol. The first kappa shape index (κ1) is 12.5. The highest BCUT2D eigenvalue weighted by atomic mass is 16.5. The van der Waals surface area contributed by atoms with Gasteiger partial charge in [-0.2, -0.15) is 0 Å². The van der Waals surface area contributed by atoms with Gasteiger partial charge in [0.1, 0.15) is 11.5 Å². The normalized spacial score (nSPS) is 12.4. The Balaban J connectivity index is 1.84. The van der Waals surface area contributed by atoms with E-state index in [0.717, 1.165) is 17.7 Å². The molecule has 0 radical (unpaired) electrons. The van der Waals surface area contributed by atoms with E-state index in [2.05, 4.69) is 5.32 Å². The molecule has 1 amide bonds. The Morgan fingerprint density at radius 3 is 2.95 bits per heavy atom. The molecule has 1 heterocycles. The quantitative estimate of drug-likeness (QED) is 0.932. The number of nitrogens with one attached hydrogen (secondary N) is 1. The Morgan fingerprint density at radius 2 is 2.10 bits per heavy atom. The number of hydrogen-bond donors (Lipinski definition) is 1. The van der Waals surface area contributed by atoms with Gasteiger partial charge in [0, 0.05) is 12.0 Å². The molecule has 0 saturated heterocycles. The number of rotatable bonds is 3. The summed E-state index contributed by atoms with van der Waals surface area (Å²) in [5, 5.41) is 2.89. The van der Waals surface area contributed by atoms with Crippen LogP contribution in [0.25, 0.3) is 0 Å². The number of amides is 1. The van der Waals surface area contributed by atoms with E-state index in [0.29, 0.717) is 23.6 Å². The van der Waals surface area contributed by atoms with Crippen LogP contribution in [0.5, 0.6) is 11.5 Å². The zero-order valence-corrected chi connectivity index (χ0v) is 11.2. The van der Waals surface area contributed by atoms with Crippen molar-refractivity contribution < 1.29 is 14.3 Å². The molecule has 0 atom stereocenters. The molecule has 0 aromatic heterocycles. The van der Waals surface area contributed by atoms with Gasteiger partial charge in [-0.25, -0.2) is 0 Å². The highest BCUT2D eigenvalue weighted by Gasteiger charge is 2.17. The van der Waals surface area contributed by atoms with Crippen molar-refractivity contribution in [3.63, 3.8) is 0 Å². The van der Waals surface area contributed by atoms with Crippen LogP contribution < -0.4 is 14.8 Å². The van der Waals surface area contributed by atoms with Gasteiger partial charge >= 0.3 is 0 Å². The van der Waals surface area contributed by atoms with Crippen LogP contribution in [0.3, 0.4) is 0 Å². The number of carbonyl (C=O) groups excluding carboxylic acids is 1. The Labute approximate surface area is 117 Å². The van der Waals surface area contributed by atoms with Crippen LogP contribution in [0.4, 0.5) is 5.69 Å². The van der Waals surface area contributed by atoms with Crippen molar-refractivity contribution in [3.05, 3.63) is 53.6 Å². The lowest BCUT2D eigenvalue weighted by atomic mass is 10.1. The maximum absolute atomic E-state index is 12.3. The topological polar surface area (TPSA) is 47.6 Å². The third kappa shape index (κ3) is 2.32. The third-order valence-electron chi connectivity index (χ3n) is 3.29. The van der Waals surface area contributed by atoms with E-state index in [-0.39, 0.29) is 5.91 Å². The van der Waals surface area contributed by atoms with Crippen LogP contribution in [0.1, 0.15) is 15.9 Å². The summed E-state index contributed by atoms with van der Waals surface area (Å²) < 4.78 is 10.7. The predicted molar refractivity (Wildman–Crippen MR) is 76.6 cm³/mol. The maximum atomic E-state index is 12.3. The van der Waals surface area contributed by atoms with Gasteiger partial charge in [0.15, 0.2) is 0 Å². The lowest BCUT2D eigenvalue weighted by Gasteiger charge is -2.10. The molecule has 0 aliphatic carbocycles. The SMILES string of the molecule is COc1cccc(C(=O)Nc2cccc3c2OCC3)c1. The summed E-state index contributed by atoms with van der Waals surface area (Å²) in [6.45, 7) is 0.668. The van der Waals surface area contributed by atoms with E-state index in [4.69, 9.17) is 9.47 Å². The van der Waals surface area contributed by atoms with E-state index >= 15 is 0 Å². The van der Waals surface area contributed by atoms with Gasteiger partial charge in [0.2, 0.25) is 0 Å². The van der Waals surface area contributed by atoms with Gasteiger partial charge < -0.3 is 14.8 Å². The molecule has 0 saturated carbocycles. The summed E-state index contributed by atoms with van der Waals surface area (Å²) in [6.07, 6.45) is 0.887. The summed E-state index contributed by atoms with van der Waals surface area (Å²) in [7, 11) is 1.58. The number of ether oxygens (including phenoxy) is 2. The number of hydrogen-bond acceptors (Lipinski definition) is 3. The summed E-state index contributed by atoms with van der Waals surface area (Å²) in [6, 6.07) is 12.8. The first-order valence-corrected chi connectivity index (χ1v) is 6.48. The van der Waals surface area contributed by atoms with Crippen molar-refractivity contribution in [2.75, 3.05) is 19.0 Å². The lowest BCUT2D eigenvalue weighted by Crippen LogP contribution is -2.12. The molecule has 2 aromatic rings. The second kappa shape index (κ2) is 5.25. The fourth-order valence-electron chi connectivity index (χ4n) is 2.27. The molecule has 2 aromatic carbocycles. The number of methoxy groups -OCH3 is 1. The van der Waals surface area contributed by atoms with Gasteiger partial charge in [-0.15, -0.1) is 0 Å². The molecule has 4 nitrogen and oxygen atoms in total. The molecule has 0 unspecified atom stereocenters. The minimum absolute atomic E-state index is 0.173. The second-order valence-electron chi connectivity index (χ2n) is 4.58. The van der Waals surface area contributed by atoms with Crippen molar-refractivity contribution in [1.29, 1.82) is 0 Å². The molecule has 0 spiro atoms. The van der Waals surface area contributed by atoms with Crippen molar-refractivity contribution in [3.8, 4) is 11.5 Å². The van der Waals surface area contributed by atoms with Gasteiger partial charge in [-0.3, -0.25) is 4.79 Å². The minimum Gasteiger partial charge on any atom is -0.497 e. The highest BCUT2D eigenvalue weighted by Crippen LogP contribution is 2.33. The molecular weight excluding hydrogens is 254 g/mol. The predicted octanol–water partition coefficient (Wildman–Crippen LogP) is 2.88. The molecule has 0 bridgehead atoms. The van der Waals surface area contributed by atoms with E-state index in [9.17, 15) is 4.79 Å². The first-order valence-electron chi connectivity index (χ1n) is 6.48. The van der Waals surface area contributed by atoms with E-state index in [1.54, 1.807) is 31.4 Å². The average Bonchev–Trinajstić information content (AvgIpc) is 2.97. The third-order valence-corrected chi connectivity index (χ3v) is 3.29. The largest absolute Gasteiger partial charge is 0.497 e. The Morgan fingerprint density at radius 1 is 1.25 bits per heavy atom. The van der Waals surface area contributed by atoms with Crippen LogP contribution in [0, 0.1) is 0 Å². The molecule has 3 rings (SSSR count). The van der Waals surface area contributed by atoms with Crippen molar-refractivity contribution in [1.82, 2.24) is 0 Å². The summed E-state index contributed by atoms with van der Waals surface area (Å²) in [5.41, 5.74) is 2.40. The zero-order chi connectivity index (χ0) is 13.9. The van der Waals surface area contributed by atoms with Crippen molar-refractivity contribution in [2.24, 2.45) is 0 Å². The molecule has 20 heavy (non-hydrogen) atoms. The molecular formula is C16H15NO3. The Bertz CT molecular complexity index is 652. The molecule has 4 heteroatoms. The number of anilines is 1. The fraction of sp³-hybridized carbons (Fsp3) is 0.188. The Kier molecular flexibility index (Phi) is 3.29. The van der Waals surface area contributed by atoms with E-state index in [1.165, 1.54) is 0 Å².